The number of carbonyl (C=O) groups is 1. The number of allylic oxidation sites excluding steroid dienone is 5. The largest absolute Gasteiger partial charge is 0.508 e. The highest BCUT2D eigenvalue weighted by atomic mass is 16.6. The van der Waals surface area contributed by atoms with E-state index in [1.807, 2.05) is 13.0 Å². The number of aromatic hydroxyl groups is 2. The summed E-state index contributed by atoms with van der Waals surface area (Å²) in [6.45, 7) is 5.23. The van der Waals surface area contributed by atoms with E-state index >= 15 is 0 Å². The van der Waals surface area contributed by atoms with Crippen LogP contribution in [0.2, 0.25) is 0 Å². The molecule has 5 aliphatic heterocycles. The number of benzene rings is 2. The Kier molecular flexibility index (Phi) is 11.4. The van der Waals surface area contributed by atoms with E-state index in [0.717, 1.165) is 54.0 Å². The van der Waals surface area contributed by atoms with Crippen molar-refractivity contribution in [3.05, 3.63) is 121 Å². The minimum atomic E-state index is -1.35. The number of piperidine rings is 1. The van der Waals surface area contributed by atoms with Crippen molar-refractivity contribution >= 4 is 16.9 Å². The fourth-order valence-corrected chi connectivity index (χ4v) is 12.6. The number of rotatable bonds is 7. The molecule has 8 atom stereocenters. The molecule has 4 bridgehead atoms. The Labute approximate surface area is 383 Å². The first-order valence-corrected chi connectivity index (χ1v) is 23.8. The van der Waals surface area contributed by atoms with Crippen molar-refractivity contribution in [2.45, 2.75) is 139 Å². The molecule has 66 heavy (non-hydrogen) atoms. The van der Waals surface area contributed by atoms with E-state index in [2.05, 4.69) is 41.2 Å². The van der Waals surface area contributed by atoms with E-state index in [4.69, 9.17) is 19.6 Å². The van der Waals surface area contributed by atoms with Crippen LogP contribution in [0.4, 0.5) is 0 Å². The van der Waals surface area contributed by atoms with Gasteiger partial charge in [-0.1, -0.05) is 37.1 Å². The molecule has 8 unspecified atom stereocenters. The van der Waals surface area contributed by atoms with Gasteiger partial charge in [-0.2, -0.15) is 0 Å². The van der Waals surface area contributed by atoms with Gasteiger partial charge >= 0.3 is 5.97 Å². The summed E-state index contributed by atoms with van der Waals surface area (Å²) in [5.41, 5.74) is 10.2. The van der Waals surface area contributed by atoms with Gasteiger partial charge in [0.15, 0.2) is 5.43 Å². The number of fused-ring (bicyclic) bond motifs is 6. The number of aliphatic hydroxyl groups excluding tert-OH is 2. The Balaban J connectivity index is 1.26. The van der Waals surface area contributed by atoms with Crippen molar-refractivity contribution in [2.75, 3.05) is 13.2 Å². The SMILES string of the molecule is CC=C(C(=O)OC1Cc2c3c(c4oc(CO)cc(=O)c4c2O)C2C4=CCNC(N)=C4C(CCc4ccc(O)cc4C2CO)CC(CC2=CNC4NC(C)CCC4=C2)C1(C)O3)C1(O)CCCC1. The predicted molar refractivity (Wildman–Crippen MR) is 247 cm³/mol. The lowest BCUT2D eigenvalue weighted by Gasteiger charge is -2.50. The maximum atomic E-state index is 14.7. The lowest BCUT2D eigenvalue weighted by atomic mass is 9.65. The zero-order chi connectivity index (χ0) is 46.2. The monoisotopic (exact) mass is 902 g/mol. The average Bonchev–Trinajstić information content (AvgIpc) is 3.75. The number of hydrogen-bond acceptors (Lipinski definition) is 14. The molecule has 2 aliphatic carbocycles. The average molecular weight is 903 g/mol. The Hall–Kier alpha value is -5.54. The van der Waals surface area contributed by atoms with Crippen LogP contribution in [-0.2, 0) is 29.0 Å². The maximum absolute atomic E-state index is 14.7. The lowest BCUT2D eigenvalue weighted by Crippen LogP contribution is -2.57. The summed E-state index contributed by atoms with van der Waals surface area (Å²) < 4.78 is 20.8. The molecular formula is C52H62N4O10. The topological polar surface area (TPSA) is 229 Å². The minimum absolute atomic E-state index is 0.00956. The first kappa shape index (κ1) is 44.3. The number of hydrogen-bond donors (Lipinski definition) is 9. The van der Waals surface area contributed by atoms with Gasteiger partial charge in [-0.25, -0.2) is 4.79 Å². The zero-order valence-corrected chi connectivity index (χ0v) is 37.9. The smallest absolute Gasteiger partial charge is 0.337 e. The van der Waals surface area contributed by atoms with Gasteiger partial charge in [0, 0.05) is 60.2 Å². The minimum Gasteiger partial charge on any atom is -0.508 e. The highest BCUT2D eigenvalue weighted by Gasteiger charge is 2.55. The fourth-order valence-electron chi connectivity index (χ4n) is 12.6. The molecule has 3 aromatic rings. The number of phenols is 2. The molecule has 0 spiro atoms. The van der Waals surface area contributed by atoms with E-state index in [-0.39, 0.29) is 57.9 Å². The molecule has 0 amide bonds. The van der Waals surface area contributed by atoms with Crippen LogP contribution in [0.1, 0.15) is 118 Å². The summed E-state index contributed by atoms with van der Waals surface area (Å²) in [6.07, 6.45) is 13.4. The van der Waals surface area contributed by atoms with Crippen LogP contribution in [0.5, 0.6) is 17.2 Å². The molecule has 6 heterocycles. The van der Waals surface area contributed by atoms with Gasteiger partial charge in [0.25, 0.3) is 0 Å². The predicted octanol–water partition coefficient (Wildman–Crippen LogP) is 5.60. The van der Waals surface area contributed by atoms with Gasteiger partial charge in [0.1, 0.15) is 58.1 Å². The van der Waals surface area contributed by atoms with Crippen molar-refractivity contribution in [1.29, 1.82) is 0 Å². The molecule has 1 saturated carbocycles. The number of carbonyl (C=O) groups excluding carboxylic acids is 1. The molecule has 10 N–H and O–H groups in total. The van der Waals surface area contributed by atoms with Crippen LogP contribution in [0.3, 0.4) is 0 Å². The Morgan fingerprint density at radius 1 is 1.11 bits per heavy atom. The summed E-state index contributed by atoms with van der Waals surface area (Å²) in [7, 11) is 0. The molecule has 0 radical (unpaired) electrons. The van der Waals surface area contributed by atoms with Gasteiger partial charge in [-0.3, -0.25) is 10.1 Å². The number of dihydropyridines is 2. The third-order valence-corrected chi connectivity index (χ3v) is 16.0. The number of esters is 1. The van der Waals surface area contributed by atoms with Crippen LogP contribution in [0.25, 0.3) is 11.0 Å². The number of nitrogens with two attached hydrogens (primary N) is 1. The number of aryl methyl sites for hydroxylation is 1. The van der Waals surface area contributed by atoms with Crippen LogP contribution >= 0.6 is 0 Å². The fraction of sp³-hybridized carbons (Fsp3) is 0.500. The number of aliphatic hydroxyl groups is 3. The number of phenolic OH excluding ortho intramolecular Hbond substituents is 2. The number of ether oxygens (including phenoxy) is 2. The molecule has 14 heteroatoms. The summed E-state index contributed by atoms with van der Waals surface area (Å²) in [4.78, 5) is 29.0. The molecule has 1 aromatic heterocycles. The lowest BCUT2D eigenvalue weighted by molar-refractivity contribution is -0.167. The number of nitrogens with one attached hydrogen (secondary N) is 3. The standard InChI is InChI=1S/C52H62N4O10/c1-4-38(52(63)14-5-6-15-52)50(62)65-40-22-36-45(61)43-39(60)21-33(24-57)64-47(43)44-42-34-13-16-54-48(53)41(34)29(10-9-28-11-12-32(59)20-35(28)37(42)25-58)19-31(51(40,3)66-46(36)44)18-27-17-30-8-7-26(2)56-49(30)55-23-27/h4,11-13,17,20-21,23,26,29,31,37,40,42,49,54-59,61,63H,5-10,14-16,18-19,22,24-25,53H2,1-3H3. The van der Waals surface area contributed by atoms with Crippen LogP contribution in [0, 0.1) is 11.8 Å². The third-order valence-electron chi connectivity index (χ3n) is 16.0. The Morgan fingerprint density at radius 2 is 1.91 bits per heavy atom. The molecule has 7 aliphatic rings. The van der Waals surface area contributed by atoms with Crippen molar-refractivity contribution in [3.63, 3.8) is 0 Å². The molecule has 2 aromatic carbocycles. The molecule has 2 fully saturated rings. The maximum Gasteiger partial charge on any atom is 0.337 e. The quantitative estimate of drug-likeness (QED) is 0.104. The van der Waals surface area contributed by atoms with E-state index in [1.165, 1.54) is 5.57 Å². The molecule has 350 valence electrons. The summed E-state index contributed by atoms with van der Waals surface area (Å²) >= 11 is 0. The van der Waals surface area contributed by atoms with Crippen molar-refractivity contribution in [1.82, 2.24) is 16.0 Å². The third kappa shape index (κ3) is 7.31. The first-order chi connectivity index (χ1) is 31.7. The van der Waals surface area contributed by atoms with Gasteiger partial charge < -0.3 is 55.8 Å². The van der Waals surface area contributed by atoms with Crippen LogP contribution in [-0.4, -0.2) is 74.2 Å². The van der Waals surface area contributed by atoms with E-state index < -0.39 is 65.4 Å². The molecule has 10 rings (SSSR count). The molecule has 14 nitrogen and oxygen atoms in total. The zero-order valence-electron chi connectivity index (χ0n) is 37.9. The summed E-state index contributed by atoms with van der Waals surface area (Å²) in [5.74, 6) is -2.61. The van der Waals surface area contributed by atoms with E-state index in [9.17, 15) is 35.1 Å². The van der Waals surface area contributed by atoms with Crippen LogP contribution in [0.15, 0.2) is 91.6 Å². The van der Waals surface area contributed by atoms with E-state index in [1.54, 1.807) is 25.1 Å². The second-order valence-electron chi connectivity index (χ2n) is 19.9. The Bertz CT molecular complexity index is 2710. The second kappa shape index (κ2) is 17.0. The summed E-state index contributed by atoms with van der Waals surface area (Å²) in [6, 6.07) is 6.75. The highest BCUT2D eigenvalue weighted by molar-refractivity contribution is 5.93. The highest BCUT2D eigenvalue weighted by Crippen LogP contribution is 2.59. The van der Waals surface area contributed by atoms with Gasteiger partial charge in [0.05, 0.1) is 23.9 Å². The van der Waals surface area contributed by atoms with Gasteiger partial charge in [-0.15, -0.1) is 0 Å². The van der Waals surface area contributed by atoms with Crippen molar-refractivity contribution < 1.29 is 44.2 Å². The van der Waals surface area contributed by atoms with Crippen molar-refractivity contribution in [3.8, 4) is 17.2 Å². The molecule has 1 saturated heterocycles. The normalized spacial score (nSPS) is 30.1. The van der Waals surface area contributed by atoms with Gasteiger partial charge in [0.2, 0.25) is 0 Å². The van der Waals surface area contributed by atoms with E-state index in [0.29, 0.717) is 68.1 Å². The molecular weight excluding hydrogens is 841 g/mol. The van der Waals surface area contributed by atoms with Crippen LogP contribution < -0.4 is 31.8 Å². The van der Waals surface area contributed by atoms with Gasteiger partial charge in [-0.05, 0) is 124 Å². The summed E-state index contributed by atoms with van der Waals surface area (Å²) in [5, 5.41) is 68.1. The van der Waals surface area contributed by atoms with Crippen molar-refractivity contribution in [2.24, 2.45) is 17.6 Å². The Morgan fingerprint density at radius 3 is 2.67 bits per heavy atom. The second-order valence-corrected chi connectivity index (χ2v) is 19.9. The first-order valence-electron chi connectivity index (χ1n) is 23.8.